The quantitative estimate of drug-likeness (QED) is 0.775. The fourth-order valence-electron chi connectivity index (χ4n) is 3.32. The molecule has 0 atom stereocenters. The lowest BCUT2D eigenvalue weighted by Crippen LogP contribution is -2.51. The zero-order valence-electron chi connectivity index (χ0n) is 12.8. The number of hydrogen-bond donors (Lipinski definition) is 0. The molecule has 21 heavy (non-hydrogen) atoms. The number of ketones is 1. The van der Waals surface area contributed by atoms with Gasteiger partial charge in [0.15, 0.2) is 5.78 Å². The van der Waals surface area contributed by atoms with Gasteiger partial charge in [-0.3, -0.25) is 9.69 Å². The van der Waals surface area contributed by atoms with Crippen LogP contribution in [0.2, 0.25) is 5.02 Å². The third-order valence-electron chi connectivity index (χ3n) is 4.70. The predicted octanol–water partition coefficient (Wildman–Crippen LogP) is 4.25. The average molecular weight is 312 g/mol. The van der Waals surface area contributed by atoms with Gasteiger partial charge in [-0.15, -0.1) is 0 Å². The van der Waals surface area contributed by atoms with Crippen molar-refractivity contribution >= 4 is 17.4 Å². The third kappa shape index (κ3) is 3.46. The first-order valence-corrected chi connectivity index (χ1v) is 7.99. The van der Waals surface area contributed by atoms with Crippen LogP contribution in [0, 0.1) is 5.82 Å². The molecule has 0 unspecified atom stereocenters. The largest absolute Gasteiger partial charge is 0.297 e. The number of Topliss-reactive ketones (excluding diaryl/α,β-unsaturated/α-hetero) is 1. The van der Waals surface area contributed by atoms with E-state index in [9.17, 15) is 9.18 Å². The molecule has 116 valence electrons. The minimum Gasteiger partial charge on any atom is -0.297 e. The van der Waals surface area contributed by atoms with E-state index in [-0.39, 0.29) is 12.2 Å². The lowest BCUT2D eigenvalue weighted by atomic mass is 9.82. The molecule has 1 aliphatic carbocycles. The van der Waals surface area contributed by atoms with Crippen molar-refractivity contribution in [1.82, 2.24) is 4.90 Å². The highest BCUT2D eigenvalue weighted by molar-refractivity contribution is 6.31. The normalized spacial score (nSPS) is 18.5. The van der Waals surface area contributed by atoms with Gasteiger partial charge in [-0.2, -0.15) is 0 Å². The monoisotopic (exact) mass is 311 g/mol. The second kappa shape index (κ2) is 6.89. The van der Waals surface area contributed by atoms with Gasteiger partial charge < -0.3 is 0 Å². The Balaban J connectivity index is 2.27. The van der Waals surface area contributed by atoms with E-state index >= 15 is 0 Å². The van der Waals surface area contributed by atoms with Gasteiger partial charge in [0.05, 0.1) is 5.54 Å². The minimum atomic E-state index is -0.470. The number of carbonyl (C=O) groups is 1. The Morgan fingerprint density at radius 2 is 1.86 bits per heavy atom. The first-order valence-electron chi connectivity index (χ1n) is 7.61. The van der Waals surface area contributed by atoms with Gasteiger partial charge in [0.25, 0.3) is 0 Å². The molecule has 4 heteroatoms. The molecular formula is C17H23ClFNO. The molecule has 0 aliphatic heterocycles. The summed E-state index contributed by atoms with van der Waals surface area (Å²) in [5.74, 6) is -0.306. The molecule has 0 aromatic heterocycles. The third-order valence-corrected chi connectivity index (χ3v) is 5.06. The molecule has 1 aliphatic rings. The smallest absolute Gasteiger partial charge is 0.157 e. The SMILES string of the molecule is CN(C)C1(C(=O)Cc2c(F)cccc2Cl)CCCCCC1. The Labute approximate surface area is 131 Å². The van der Waals surface area contributed by atoms with Gasteiger partial charge in [0, 0.05) is 17.0 Å². The number of halogens is 2. The van der Waals surface area contributed by atoms with Gasteiger partial charge in [-0.25, -0.2) is 4.39 Å². The first kappa shape index (κ1) is 16.4. The Bertz CT molecular complexity index is 487. The molecule has 1 aromatic rings. The number of rotatable bonds is 4. The molecule has 1 aromatic carbocycles. The zero-order chi connectivity index (χ0) is 15.5. The van der Waals surface area contributed by atoms with Crippen LogP contribution in [-0.4, -0.2) is 30.3 Å². The maximum Gasteiger partial charge on any atom is 0.157 e. The predicted molar refractivity (Wildman–Crippen MR) is 84.2 cm³/mol. The lowest BCUT2D eigenvalue weighted by Gasteiger charge is -2.38. The molecule has 2 nitrogen and oxygen atoms in total. The topological polar surface area (TPSA) is 20.3 Å². The van der Waals surface area contributed by atoms with Gasteiger partial charge in [0.2, 0.25) is 0 Å². The maximum atomic E-state index is 13.9. The van der Waals surface area contributed by atoms with Crippen LogP contribution >= 0.6 is 11.6 Å². The van der Waals surface area contributed by atoms with Crippen LogP contribution in [0.4, 0.5) is 4.39 Å². The summed E-state index contributed by atoms with van der Waals surface area (Å²) in [5.41, 5.74) is -0.142. The van der Waals surface area contributed by atoms with Crippen LogP contribution in [0.5, 0.6) is 0 Å². The Kier molecular flexibility index (Phi) is 5.39. The Morgan fingerprint density at radius 1 is 1.24 bits per heavy atom. The molecule has 0 N–H and O–H groups in total. The molecule has 1 saturated carbocycles. The summed E-state index contributed by atoms with van der Waals surface area (Å²) in [7, 11) is 3.90. The summed E-state index contributed by atoms with van der Waals surface area (Å²) < 4.78 is 13.9. The number of hydrogen-bond acceptors (Lipinski definition) is 2. The van der Waals surface area contributed by atoms with Crippen molar-refractivity contribution in [2.24, 2.45) is 0 Å². The van der Waals surface area contributed by atoms with Crippen molar-refractivity contribution in [2.45, 2.75) is 50.5 Å². The number of nitrogens with zero attached hydrogens (tertiary/aromatic N) is 1. The van der Waals surface area contributed by atoms with E-state index in [1.54, 1.807) is 12.1 Å². The molecule has 0 bridgehead atoms. The van der Waals surface area contributed by atoms with E-state index in [0.717, 1.165) is 25.7 Å². The highest BCUT2D eigenvalue weighted by Crippen LogP contribution is 2.34. The fourth-order valence-corrected chi connectivity index (χ4v) is 3.55. The first-order chi connectivity index (χ1) is 9.97. The zero-order valence-corrected chi connectivity index (χ0v) is 13.5. The van der Waals surface area contributed by atoms with E-state index in [2.05, 4.69) is 0 Å². The summed E-state index contributed by atoms with van der Waals surface area (Å²) in [6.45, 7) is 0. The summed E-state index contributed by atoms with van der Waals surface area (Å²) in [5, 5.41) is 0.339. The highest BCUT2D eigenvalue weighted by atomic mass is 35.5. The number of benzene rings is 1. The maximum absolute atomic E-state index is 13.9. The lowest BCUT2D eigenvalue weighted by molar-refractivity contribution is -0.130. The summed E-state index contributed by atoms with van der Waals surface area (Å²) in [4.78, 5) is 14.9. The van der Waals surface area contributed by atoms with Crippen LogP contribution < -0.4 is 0 Å². The average Bonchev–Trinajstić information content (AvgIpc) is 2.69. The molecule has 1 fully saturated rings. The van der Waals surface area contributed by atoms with Gasteiger partial charge in [-0.1, -0.05) is 43.4 Å². The second-order valence-electron chi connectivity index (χ2n) is 6.14. The van der Waals surface area contributed by atoms with Crippen molar-refractivity contribution in [2.75, 3.05) is 14.1 Å². The molecule has 0 heterocycles. The van der Waals surface area contributed by atoms with Crippen LogP contribution in [0.15, 0.2) is 18.2 Å². The summed E-state index contributed by atoms with van der Waals surface area (Å²) >= 11 is 6.06. The summed E-state index contributed by atoms with van der Waals surface area (Å²) in [6, 6.07) is 4.57. The van der Waals surface area contributed by atoms with Gasteiger partial charge in [0.1, 0.15) is 5.82 Å². The molecule has 0 radical (unpaired) electrons. The van der Waals surface area contributed by atoms with Crippen molar-refractivity contribution in [1.29, 1.82) is 0 Å². The van der Waals surface area contributed by atoms with Crippen LogP contribution in [0.1, 0.15) is 44.1 Å². The Morgan fingerprint density at radius 3 is 2.38 bits per heavy atom. The van der Waals surface area contributed by atoms with E-state index in [0.29, 0.717) is 10.6 Å². The van der Waals surface area contributed by atoms with E-state index in [1.165, 1.54) is 18.9 Å². The van der Waals surface area contributed by atoms with Crippen LogP contribution in [-0.2, 0) is 11.2 Å². The Hall–Kier alpha value is -0.930. The molecule has 2 rings (SSSR count). The van der Waals surface area contributed by atoms with E-state index in [1.807, 2.05) is 19.0 Å². The standard InChI is InChI=1S/C17H23ClFNO/c1-20(2)17(10-5-3-4-6-11-17)16(21)12-13-14(18)8-7-9-15(13)19/h7-9H,3-6,10-12H2,1-2H3. The molecule has 0 saturated heterocycles. The highest BCUT2D eigenvalue weighted by Gasteiger charge is 2.40. The molecular weight excluding hydrogens is 289 g/mol. The van der Waals surface area contributed by atoms with Crippen molar-refractivity contribution in [3.8, 4) is 0 Å². The van der Waals surface area contributed by atoms with E-state index in [4.69, 9.17) is 11.6 Å². The van der Waals surface area contributed by atoms with E-state index < -0.39 is 11.4 Å². The van der Waals surface area contributed by atoms with Crippen LogP contribution in [0.25, 0.3) is 0 Å². The van der Waals surface area contributed by atoms with Gasteiger partial charge in [-0.05, 0) is 39.1 Å². The minimum absolute atomic E-state index is 0.0731. The van der Waals surface area contributed by atoms with Crippen molar-refractivity contribution in [3.05, 3.63) is 34.6 Å². The molecule has 0 amide bonds. The second-order valence-corrected chi connectivity index (χ2v) is 6.55. The fraction of sp³-hybridized carbons (Fsp3) is 0.588. The van der Waals surface area contributed by atoms with Crippen molar-refractivity contribution < 1.29 is 9.18 Å². The number of likely N-dealkylation sites (N-methyl/N-ethyl adjacent to an activating group) is 1. The molecule has 0 spiro atoms. The van der Waals surface area contributed by atoms with Gasteiger partial charge >= 0.3 is 0 Å². The van der Waals surface area contributed by atoms with Crippen molar-refractivity contribution in [3.63, 3.8) is 0 Å². The summed E-state index contributed by atoms with van der Waals surface area (Å²) in [6.07, 6.45) is 6.22. The number of carbonyl (C=O) groups excluding carboxylic acids is 1. The van der Waals surface area contributed by atoms with Crippen LogP contribution in [0.3, 0.4) is 0 Å².